The van der Waals surface area contributed by atoms with E-state index in [-0.39, 0.29) is 12.4 Å². The van der Waals surface area contributed by atoms with Crippen LogP contribution >= 0.6 is 11.6 Å². The van der Waals surface area contributed by atoms with Crippen LogP contribution in [0.4, 0.5) is 0 Å². The molecule has 0 radical (unpaired) electrons. The van der Waals surface area contributed by atoms with Gasteiger partial charge >= 0.3 is 0 Å². The molecule has 0 saturated heterocycles. The predicted octanol–water partition coefficient (Wildman–Crippen LogP) is 4.44. The van der Waals surface area contributed by atoms with E-state index in [0.717, 1.165) is 16.8 Å². The number of aromatic nitrogens is 2. The first-order chi connectivity index (χ1) is 13.0. The van der Waals surface area contributed by atoms with Crippen LogP contribution in [0.1, 0.15) is 27.2 Å². The van der Waals surface area contributed by atoms with Gasteiger partial charge in [-0.05, 0) is 55.0 Å². The van der Waals surface area contributed by atoms with Crippen molar-refractivity contribution in [2.75, 3.05) is 7.11 Å². The van der Waals surface area contributed by atoms with E-state index < -0.39 is 0 Å². The highest BCUT2D eigenvalue weighted by molar-refractivity contribution is 6.30. The van der Waals surface area contributed by atoms with Crippen LogP contribution in [0.5, 0.6) is 5.75 Å². The van der Waals surface area contributed by atoms with Crippen molar-refractivity contribution in [3.05, 3.63) is 75.9 Å². The summed E-state index contributed by atoms with van der Waals surface area (Å²) < 4.78 is 5.27. The maximum absolute atomic E-state index is 12.5. The summed E-state index contributed by atoms with van der Waals surface area (Å²) in [6.45, 7) is 1.64. The molecule has 5 nitrogen and oxygen atoms in total. The van der Waals surface area contributed by atoms with Gasteiger partial charge in [0.05, 0.1) is 25.1 Å². The lowest BCUT2D eigenvalue weighted by atomic mass is 10.0. The predicted molar refractivity (Wildman–Crippen MR) is 106 cm³/mol. The molecular weight excluding hydrogens is 364 g/mol. The molecule has 0 saturated carbocycles. The minimum Gasteiger partial charge on any atom is -0.496 e. The molecule has 0 aliphatic rings. The SMILES string of the molecule is COc1c(C)cc(C(=O)/C=C/c2cc(-c3ccc(Cl)cc3)n[nH]2)cc1CO. The Bertz CT molecular complexity index is 991. The van der Waals surface area contributed by atoms with Gasteiger partial charge in [-0.3, -0.25) is 9.89 Å². The van der Waals surface area contributed by atoms with Crippen molar-refractivity contribution in [2.45, 2.75) is 13.5 Å². The van der Waals surface area contributed by atoms with Crippen LogP contribution in [0.15, 0.2) is 48.5 Å². The van der Waals surface area contributed by atoms with Gasteiger partial charge in [0.2, 0.25) is 0 Å². The van der Waals surface area contributed by atoms with Crippen molar-refractivity contribution in [3.63, 3.8) is 0 Å². The molecule has 3 aromatic rings. The second kappa shape index (κ2) is 8.20. The number of H-pyrrole nitrogens is 1. The number of aliphatic hydroxyl groups is 1. The Labute approximate surface area is 162 Å². The molecule has 1 aromatic heterocycles. The number of benzene rings is 2. The van der Waals surface area contributed by atoms with E-state index in [9.17, 15) is 9.90 Å². The number of allylic oxidation sites excluding steroid dienone is 1. The van der Waals surface area contributed by atoms with Gasteiger partial charge in [0.25, 0.3) is 0 Å². The van der Waals surface area contributed by atoms with Crippen molar-refractivity contribution in [1.29, 1.82) is 0 Å². The van der Waals surface area contributed by atoms with Gasteiger partial charge in [0.15, 0.2) is 5.78 Å². The van der Waals surface area contributed by atoms with Crippen LogP contribution in [-0.2, 0) is 6.61 Å². The number of aromatic amines is 1. The number of methoxy groups -OCH3 is 1. The van der Waals surface area contributed by atoms with Crippen molar-refractivity contribution >= 4 is 23.5 Å². The molecule has 0 fully saturated rings. The highest BCUT2D eigenvalue weighted by Gasteiger charge is 2.11. The normalized spacial score (nSPS) is 11.1. The Morgan fingerprint density at radius 1 is 1.26 bits per heavy atom. The van der Waals surface area contributed by atoms with Crippen LogP contribution < -0.4 is 4.74 Å². The highest BCUT2D eigenvalue weighted by atomic mass is 35.5. The van der Waals surface area contributed by atoms with Crippen molar-refractivity contribution in [2.24, 2.45) is 0 Å². The summed E-state index contributed by atoms with van der Waals surface area (Å²) in [6, 6.07) is 12.6. The fourth-order valence-corrected chi connectivity index (χ4v) is 2.98. The van der Waals surface area contributed by atoms with E-state index in [2.05, 4.69) is 10.2 Å². The number of carbonyl (C=O) groups excluding carboxylic acids is 1. The second-order valence-electron chi connectivity index (χ2n) is 6.06. The third-order valence-electron chi connectivity index (χ3n) is 4.16. The number of rotatable bonds is 6. The number of hydrogen-bond acceptors (Lipinski definition) is 4. The molecule has 0 unspecified atom stereocenters. The number of halogens is 1. The van der Waals surface area contributed by atoms with Crippen LogP contribution in [-0.4, -0.2) is 28.2 Å². The van der Waals surface area contributed by atoms with E-state index in [0.29, 0.717) is 27.6 Å². The molecule has 138 valence electrons. The molecule has 0 bridgehead atoms. The van der Waals surface area contributed by atoms with Crippen molar-refractivity contribution < 1.29 is 14.6 Å². The van der Waals surface area contributed by atoms with Crippen LogP contribution in [0.3, 0.4) is 0 Å². The Kier molecular flexibility index (Phi) is 5.74. The summed E-state index contributed by atoms with van der Waals surface area (Å²) >= 11 is 5.90. The van der Waals surface area contributed by atoms with Gasteiger partial charge in [-0.1, -0.05) is 23.7 Å². The Morgan fingerprint density at radius 3 is 2.67 bits per heavy atom. The molecule has 27 heavy (non-hydrogen) atoms. The maximum Gasteiger partial charge on any atom is 0.185 e. The topological polar surface area (TPSA) is 75.2 Å². The number of hydrogen-bond donors (Lipinski definition) is 2. The highest BCUT2D eigenvalue weighted by Crippen LogP contribution is 2.26. The Morgan fingerprint density at radius 2 is 2.00 bits per heavy atom. The average molecular weight is 383 g/mol. The zero-order chi connectivity index (χ0) is 19.4. The van der Waals surface area contributed by atoms with E-state index in [1.807, 2.05) is 25.1 Å². The van der Waals surface area contributed by atoms with Crippen molar-refractivity contribution in [1.82, 2.24) is 10.2 Å². The number of nitrogens with one attached hydrogen (secondary N) is 1. The van der Waals surface area contributed by atoms with Gasteiger partial charge in [-0.2, -0.15) is 5.10 Å². The molecule has 3 rings (SSSR count). The summed E-state index contributed by atoms with van der Waals surface area (Å²) in [5, 5.41) is 17.3. The number of aryl methyl sites for hydroxylation is 1. The lowest BCUT2D eigenvalue weighted by Gasteiger charge is -2.11. The summed E-state index contributed by atoms with van der Waals surface area (Å²) in [4.78, 5) is 12.5. The zero-order valence-corrected chi connectivity index (χ0v) is 15.7. The molecule has 2 aromatic carbocycles. The standard InChI is InChI=1S/C21H19ClN2O3/c1-13-9-15(10-16(12-25)21(13)27-2)20(26)8-7-18-11-19(24-23-18)14-3-5-17(22)6-4-14/h3-11,25H,12H2,1-2H3,(H,23,24)/b8-7+. The first-order valence-electron chi connectivity index (χ1n) is 8.34. The van der Waals surface area contributed by atoms with Crippen LogP contribution in [0.25, 0.3) is 17.3 Å². The molecule has 0 atom stereocenters. The number of aliphatic hydroxyl groups excluding tert-OH is 1. The minimum atomic E-state index is -0.195. The zero-order valence-electron chi connectivity index (χ0n) is 15.0. The number of ether oxygens (including phenoxy) is 1. The minimum absolute atomic E-state index is 0.168. The van der Waals surface area contributed by atoms with Gasteiger partial charge < -0.3 is 9.84 Å². The van der Waals surface area contributed by atoms with Crippen LogP contribution in [0.2, 0.25) is 5.02 Å². The fourth-order valence-electron chi connectivity index (χ4n) is 2.85. The molecular formula is C21H19ClN2O3. The Balaban J connectivity index is 1.79. The lowest BCUT2D eigenvalue weighted by Crippen LogP contribution is -2.01. The van der Waals surface area contributed by atoms with E-state index in [1.165, 1.54) is 6.08 Å². The van der Waals surface area contributed by atoms with E-state index in [1.54, 1.807) is 37.5 Å². The lowest BCUT2D eigenvalue weighted by molar-refractivity contribution is 0.104. The first-order valence-corrected chi connectivity index (χ1v) is 8.71. The quantitative estimate of drug-likeness (QED) is 0.488. The van der Waals surface area contributed by atoms with Gasteiger partial charge in [0.1, 0.15) is 5.75 Å². The van der Waals surface area contributed by atoms with Crippen molar-refractivity contribution in [3.8, 4) is 17.0 Å². The smallest absolute Gasteiger partial charge is 0.185 e. The summed E-state index contributed by atoms with van der Waals surface area (Å²) in [5.74, 6) is 0.428. The van der Waals surface area contributed by atoms with Gasteiger partial charge in [-0.25, -0.2) is 0 Å². The number of ketones is 1. The van der Waals surface area contributed by atoms with Gasteiger partial charge in [0, 0.05) is 21.7 Å². The van der Waals surface area contributed by atoms with Crippen LogP contribution in [0, 0.1) is 6.92 Å². The molecule has 2 N–H and O–H groups in total. The molecule has 0 amide bonds. The van der Waals surface area contributed by atoms with Gasteiger partial charge in [-0.15, -0.1) is 0 Å². The molecule has 6 heteroatoms. The number of carbonyl (C=O) groups is 1. The molecule has 0 aliphatic carbocycles. The molecule has 1 heterocycles. The maximum atomic E-state index is 12.5. The third kappa shape index (κ3) is 4.27. The van der Waals surface area contributed by atoms with E-state index >= 15 is 0 Å². The van der Waals surface area contributed by atoms with E-state index in [4.69, 9.17) is 16.3 Å². The third-order valence-corrected chi connectivity index (χ3v) is 4.41. The molecule has 0 spiro atoms. The average Bonchev–Trinajstić information content (AvgIpc) is 3.15. The summed E-state index contributed by atoms with van der Waals surface area (Å²) in [5.41, 5.74) is 4.28. The second-order valence-corrected chi connectivity index (χ2v) is 6.49. The number of nitrogens with zero attached hydrogens (tertiary/aromatic N) is 1. The summed E-state index contributed by atoms with van der Waals surface area (Å²) in [7, 11) is 1.54. The summed E-state index contributed by atoms with van der Waals surface area (Å²) in [6.07, 6.45) is 3.15. The monoisotopic (exact) mass is 382 g/mol. The Hall–Kier alpha value is -2.89. The largest absolute Gasteiger partial charge is 0.496 e. The molecule has 0 aliphatic heterocycles. The first kappa shape index (κ1) is 18.9. The fraction of sp³-hybridized carbons (Fsp3) is 0.143.